The van der Waals surface area contributed by atoms with E-state index in [2.05, 4.69) is 61.9 Å². The quantitative estimate of drug-likeness (QED) is 0.665. The summed E-state index contributed by atoms with van der Waals surface area (Å²) in [7, 11) is 0. The maximum atomic E-state index is 5.98. The number of rotatable bonds is 4. The van der Waals surface area contributed by atoms with Crippen LogP contribution in [0.5, 0.6) is 5.75 Å². The molecule has 21 heavy (non-hydrogen) atoms. The van der Waals surface area contributed by atoms with Gasteiger partial charge in [-0.2, -0.15) is 0 Å². The van der Waals surface area contributed by atoms with Crippen LogP contribution in [0.3, 0.4) is 0 Å². The molecule has 1 aromatic heterocycles. The van der Waals surface area contributed by atoms with Crippen LogP contribution in [0.4, 0.5) is 0 Å². The standard InChI is InChI=1S/C19H21NO/c1-4-20-12-16(19-15(3)8-6-10-18(19)20)13-21-17-9-5-7-14(2)11-17/h5-12H,4,13H2,1-3H3. The Morgan fingerprint density at radius 3 is 2.62 bits per heavy atom. The van der Waals surface area contributed by atoms with Gasteiger partial charge in [-0.05, 0) is 50.1 Å². The lowest BCUT2D eigenvalue weighted by Gasteiger charge is -2.07. The van der Waals surface area contributed by atoms with E-state index >= 15 is 0 Å². The Hall–Kier alpha value is -2.22. The zero-order valence-corrected chi connectivity index (χ0v) is 12.9. The lowest BCUT2D eigenvalue weighted by atomic mass is 10.1. The Morgan fingerprint density at radius 2 is 1.86 bits per heavy atom. The van der Waals surface area contributed by atoms with Crippen LogP contribution in [0.2, 0.25) is 0 Å². The molecule has 0 N–H and O–H groups in total. The van der Waals surface area contributed by atoms with Crippen molar-refractivity contribution in [3.05, 3.63) is 65.4 Å². The van der Waals surface area contributed by atoms with Gasteiger partial charge >= 0.3 is 0 Å². The summed E-state index contributed by atoms with van der Waals surface area (Å²) in [5, 5.41) is 1.33. The molecule has 0 bridgehead atoms. The average molecular weight is 279 g/mol. The van der Waals surface area contributed by atoms with Crippen molar-refractivity contribution < 1.29 is 4.74 Å². The Bertz CT molecular complexity index is 770. The maximum Gasteiger partial charge on any atom is 0.120 e. The minimum Gasteiger partial charge on any atom is -0.489 e. The molecular formula is C19H21NO. The third-order valence-electron chi connectivity index (χ3n) is 3.92. The molecule has 0 unspecified atom stereocenters. The minimum atomic E-state index is 0.609. The lowest BCUT2D eigenvalue weighted by molar-refractivity contribution is 0.307. The molecule has 0 spiro atoms. The fraction of sp³-hybridized carbons (Fsp3) is 0.263. The van der Waals surface area contributed by atoms with Gasteiger partial charge in [0.2, 0.25) is 0 Å². The van der Waals surface area contributed by atoms with Gasteiger partial charge in [0, 0.05) is 29.2 Å². The maximum absolute atomic E-state index is 5.98. The van der Waals surface area contributed by atoms with Crippen LogP contribution in [0.15, 0.2) is 48.7 Å². The fourth-order valence-electron chi connectivity index (χ4n) is 2.87. The lowest BCUT2D eigenvalue weighted by Crippen LogP contribution is -1.95. The first-order valence-corrected chi connectivity index (χ1v) is 7.46. The molecule has 0 fully saturated rings. The number of aryl methyl sites for hydroxylation is 3. The predicted molar refractivity (Wildman–Crippen MR) is 87.9 cm³/mol. The van der Waals surface area contributed by atoms with Crippen LogP contribution in [-0.2, 0) is 13.2 Å². The van der Waals surface area contributed by atoms with Crippen molar-refractivity contribution in [3.63, 3.8) is 0 Å². The van der Waals surface area contributed by atoms with Gasteiger partial charge in [0.05, 0.1) is 0 Å². The zero-order chi connectivity index (χ0) is 14.8. The van der Waals surface area contributed by atoms with Gasteiger partial charge in [-0.25, -0.2) is 0 Å². The normalized spacial score (nSPS) is 11.0. The third-order valence-corrected chi connectivity index (χ3v) is 3.92. The first-order chi connectivity index (χ1) is 10.2. The van der Waals surface area contributed by atoms with E-state index in [4.69, 9.17) is 4.74 Å². The summed E-state index contributed by atoms with van der Waals surface area (Å²) in [5.41, 5.74) is 5.08. The van der Waals surface area contributed by atoms with E-state index in [0.29, 0.717) is 6.61 Å². The Balaban J connectivity index is 1.94. The van der Waals surface area contributed by atoms with Crippen LogP contribution in [0.25, 0.3) is 10.9 Å². The van der Waals surface area contributed by atoms with Crippen molar-refractivity contribution in [2.24, 2.45) is 0 Å². The van der Waals surface area contributed by atoms with Crippen LogP contribution >= 0.6 is 0 Å². The van der Waals surface area contributed by atoms with E-state index in [1.165, 1.54) is 27.6 Å². The Labute approximate surface area is 126 Å². The van der Waals surface area contributed by atoms with Gasteiger partial charge in [-0.3, -0.25) is 0 Å². The van der Waals surface area contributed by atoms with Gasteiger partial charge < -0.3 is 9.30 Å². The number of fused-ring (bicyclic) bond motifs is 1. The predicted octanol–water partition coefficient (Wildman–Crippen LogP) is 4.86. The number of hydrogen-bond donors (Lipinski definition) is 0. The highest BCUT2D eigenvalue weighted by Crippen LogP contribution is 2.26. The first kappa shape index (κ1) is 13.7. The van der Waals surface area contributed by atoms with Gasteiger partial charge in [0.1, 0.15) is 12.4 Å². The summed E-state index contributed by atoms with van der Waals surface area (Å²) in [6.07, 6.45) is 2.22. The van der Waals surface area contributed by atoms with Crippen molar-refractivity contribution in [2.75, 3.05) is 0 Å². The molecule has 0 amide bonds. The molecule has 2 aromatic carbocycles. The molecule has 0 saturated heterocycles. The van der Waals surface area contributed by atoms with Crippen LogP contribution in [0.1, 0.15) is 23.6 Å². The van der Waals surface area contributed by atoms with Gasteiger partial charge in [-0.1, -0.05) is 24.3 Å². The molecular weight excluding hydrogens is 258 g/mol. The molecule has 2 heteroatoms. The number of benzene rings is 2. The van der Waals surface area contributed by atoms with Crippen LogP contribution in [0, 0.1) is 13.8 Å². The van der Waals surface area contributed by atoms with Crippen molar-refractivity contribution in [3.8, 4) is 5.75 Å². The Morgan fingerprint density at radius 1 is 1.05 bits per heavy atom. The van der Waals surface area contributed by atoms with Crippen molar-refractivity contribution in [1.82, 2.24) is 4.57 Å². The van der Waals surface area contributed by atoms with E-state index in [0.717, 1.165) is 12.3 Å². The molecule has 3 rings (SSSR count). The molecule has 3 aromatic rings. The monoisotopic (exact) mass is 279 g/mol. The fourth-order valence-corrected chi connectivity index (χ4v) is 2.87. The van der Waals surface area contributed by atoms with E-state index in [1.807, 2.05) is 12.1 Å². The minimum absolute atomic E-state index is 0.609. The summed E-state index contributed by atoms with van der Waals surface area (Å²) in [4.78, 5) is 0. The van der Waals surface area contributed by atoms with Gasteiger partial charge in [-0.15, -0.1) is 0 Å². The number of hydrogen-bond acceptors (Lipinski definition) is 1. The topological polar surface area (TPSA) is 14.2 Å². The molecule has 0 aliphatic rings. The first-order valence-electron chi connectivity index (χ1n) is 7.46. The summed E-state index contributed by atoms with van der Waals surface area (Å²) < 4.78 is 8.27. The Kier molecular flexibility index (Phi) is 3.70. The molecule has 0 radical (unpaired) electrons. The second-order valence-corrected chi connectivity index (χ2v) is 5.51. The molecule has 1 heterocycles. The number of nitrogens with zero attached hydrogens (tertiary/aromatic N) is 1. The van der Waals surface area contributed by atoms with Crippen molar-refractivity contribution in [1.29, 1.82) is 0 Å². The van der Waals surface area contributed by atoms with Gasteiger partial charge in [0.25, 0.3) is 0 Å². The summed E-state index contributed by atoms with van der Waals surface area (Å²) in [5.74, 6) is 0.931. The van der Waals surface area contributed by atoms with Crippen LogP contribution < -0.4 is 4.74 Å². The molecule has 0 saturated carbocycles. The largest absolute Gasteiger partial charge is 0.489 e. The molecule has 0 aliphatic heterocycles. The van der Waals surface area contributed by atoms with E-state index in [9.17, 15) is 0 Å². The van der Waals surface area contributed by atoms with E-state index in [-0.39, 0.29) is 0 Å². The molecule has 2 nitrogen and oxygen atoms in total. The highest BCUT2D eigenvalue weighted by molar-refractivity contribution is 5.87. The highest BCUT2D eigenvalue weighted by atomic mass is 16.5. The van der Waals surface area contributed by atoms with E-state index in [1.54, 1.807) is 0 Å². The molecule has 0 aliphatic carbocycles. The third kappa shape index (κ3) is 2.66. The van der Waals surface area contributed by atoms with Gasteiger partial charge in [0.15, 0.2) is 0 Å². The summed E-state index contributed by atoms with van der Waals surface area (Å²) in [6, 6.07) is 14.7. The average Bonchev–Trinajstić information content (AvgIpc) is 2.85. The van der Waals surface area contributed by atoms with Crippen molar-refractivity contribution in [2.45, 2.75) is 33.9 Å². The second kappa shape index (κ2) is 5.65. The smallest absolute Gasteiger partial charge is 0.120 e. The van der Waals surface area contributed by atoms with Crippen molar-refractivity contribution >= 4 is 10.9 Å². The number of ether oxygens (including phenoxy) is 1. The SMILES string of the molecule is CCn1cc(COc2cccc(C)c2)c2c(C)cccc21. The van der Waals surface area contributed by atoms with Crippen LogP contribution in [-0.4, -0.2) is 4.57 Å². The molecule has 108 valence electrons. The zero-order valence-electron chi connectivity index (χ0n) is 12.9. The molecule has 0 atom stereocenters. The highest BCUT2D eigenvalue weighted by Gasteiger charge is 2.10. The second-order valence-electron chi connectivity index (χ2n) is 5.51. The summed E-state index contributed by atoms with van der Waals surface area (Å²) in [6.45, 7) is 8.01. The van der Waals surface area contributed by atoms with E-state index < -0.39 is 0 Å². The number of aromatic nitrogens is 1. The summed E-state index contributed by atoms with van der Waals surface area (Å²) >= 11 is 0.